The summed E-state index contributed by atoms with van der Waals surface area (Å²) in [7, 11) is 0. The van der Waals surface area contributed by atoms with Crippen molar-refractivity contribution in [2.45, 2.75) is 19.3 Å². The Morgan fingerprint density at radius 3 is 2.29 bits per heavy atom. The third kappa shape index (κ3) is 2.50. The summed E-state index contributed by atoms with van der Waals surface area (Å²) in [6.07, 6.45) is 6.16. The minimum atomic E-state index is 0.845. The highest BCUT2D eigenvalue weighted by molar-refractivity contribution is 5.75. The van der Waals surface area contributed by atoms with Gasteiger partial charge >= 0.3 is 0 Å². The smallest absolute Gasteiger partial charge is 0.166 e. The average Bonchev–Trinajstić information content (AvgIpc) is 2.90. The Morgan fingerprint density at radius 1 is 1.06 bits per heavy atom. The highest BCUT2D eigenvalue weighted by atomic mass is 16.5. The van der Waals surface area contributed by atoms with Gasteiger partial charge in [-0.1, -0.05) is 17.3 Å². The molecule has 0 unspecified atom stereocenters. The molecule has 1 aromatic carbocycles. The Labute approximate surface area is 101 Å². The first-order chi connectivity index (χ1) is 8.42. The number of piperidine rings is 3. The van der Waals surface area contributed by atoms with E-state index in [4.69, 9.17) is 4.52 Å². The number of para-hydroxylation sites is 1. The van der Waals surface area contributed by atoms with Crippen molar-refractivity contribution < 1.29 is 4.52 Å². The molecule has 0 spiro atoms. The highest BCUT2D eigenvalue weighted by Crippen LogP contribution is 2.26. The van der Waals surface area contributed by atoms with Crippen molar-refractivity contribution >= 4 is 11.0 Å². The van der Waals surface area contributed by atoms with Crippen molar-refractivity contribution in [1.29, 1.82) is 0 Å². The van der Waals surface area contributed by atoms with Crippen molar-refractivity contribution in [3.63, 3.8) is 0 Å². The van der Waals surface area contributed by atoms with E-state index in [1.807, 2.05) is 24.3 Å². The molecule has 17 heavy (non-hydrogen) atoms. The van der Waals surface area contributed by atoms with Crippen LogP contribution in [0.5, 0.6) is 0 Å². The second-order valence-corrected chi connectivity index (χ2v) is 4.94. The van der Waals surface area contributed by atoms with Gasteiger partial charge in [0.15, 0.2) is 5.58 Å². The van der Waals surface area contributed by atoms with Crippen LogP contribution >= 0.6 is 0 Å². The lowest BCUT2D eigenvalue weighted by molar-refractivity contribution is 0.111. The van der Waals surface area contributed by atoms with Gasteiger partial charge in [-0.25, -0.2) is 0 Å². The molecule has 90 valence electrons. The Bertz CT molecular complexity index is 419. The number of fused-ring (bicyclic) bond motifs is 4. The Balaban J connectivity index is 0.000000107. The molecule has 5 rings (SSSR count). The van der Waals surface area contributed by atoms with E-state index < -0.39 is 0 Å². The van der Waals surface area contributed by atoms with Crippen molar-refractivity contribution in [3.8, 4) is 0 Å². The second kappa shape index (κ2) is 4.88. The number of aromatic nitrogens is 1. The van der Waals surface area contributed by atoms with Crippen LogP contribution in [-0.4, -0.2) is 29.7 Å². The van der Waals surface area contributed by atoms with Gasteiger partial charge in [0.25, 0.3) is 0 Å². The molecule has 0 amide bonds. The van der Waals surface area contributed by atoms with E-state index >= 15 is 0 Å². The third-order valence-electron chi connectivity index (χ3n) is 3.82. The van der Waals surface area contributed by atoms with Crippen LogP contribution in [0.1, 0.15) is 19.3 Å². The molecule has 4 heterocycles. The van der Waals surface area contributed by atoms with Gasteiger partial charge in [-0.05, 0) is 56.9 Å². The summed E-state index contributed by atoms with van der Waals surface area (Å²) in [4.78, 5) is 2.58. The lowest BCUT2D eigenvalue weighted by Crippen LogP contribution is -2.41. The first kappa shape index (κ1) is 10.8. The highest BCUT2D eigenvalue weighted by Gasteiger charge is 2.24. The first-order valence-corrected chi connectivity index (χ1v) is 6.43. The Hall–Kier alpha value is -1.35. The molecule has 0 aliphatic carbocycles. The van der Waals surface area contributed by atoms with Crippen LogP contribution < -0.4 is 0 Å². The zero-order valence-corrected chi connectivity index (χ0v) is 10.0. The predicted octanol–water partition coefficient (Wildman–Crippen LogP) is 2.93. The van der Waals surface area contributed by atoms with Crippen LogP contribution in [0.15, 0.2) is 35.0 Å². The van der Waals surface area contributed by atoms with Crippen LogP contribution in [0.4, 0.5) is 0 Å². The van der Waals surface area contributed by atoms with E-state index in [9.17, 15) is 0 Å². The van der Waals surface area contributed by atoms with Gasteiger partial charge in [0.2, 0.25) is 0 Å². The van der Waals surface area contributed by atoms with Gasteiger partial charge in [0.05, 0.1) is 6.20 Å². The fraction of sp³-hybridized carbons (Fsp3) is 0.500. The predicted molar refractivity (Wildman–Crippen MR) is 67.8 cm³/mol. The summed E-state index contributed by atoms with van der Waals surface area (Å²) in [6, 6.07) is 7.74. The van der Waals surface area contributed by atoms with Crippen LogP contribution in [0.3, 0.4) is 0 Å². The van der Waals surface area contributed by atoms with E-state index in [0.29, 0.717) is 0 Å². The number of hydrogen-bond donors (Lipinski definition) is 0. The van der Waals surface area contributed by atoms with Crippen LogP contribution in [0.25, 0.3) is 11.0 Å². The standard InChI is InChI=1S/C7H5NO.C7H13N/c1-2-4-7-6(3-1)5-8-9-7;1-4-8-5-2-7(1)3-6-8/h1-5H;7H,1-6H2. The molecule has 3 saturated heterocycles. The molecule has 3 heteroatoms. The maximum absolute atomic E-state index is 4.87. The summed E-state index contributed by atoms with van der Waals surface area (Å²) < 4.78 is 4.87. The fourth-order valence-electron chi connectivity index (χ4n) is 2.67. The molecule has 2 bridgehead atoms. The van der Waals surface area contributed by atoms with Gasteiger partial charge in [-0.2, -0.15) is 0 Å². The lowest BCUT2D eigenvalue weighted by atomic mass is 9.89. The summed E-state index contributed by atoms with van der Waals surface area (Å²) in [5.41, 5.74) is 0.845. The quantitative estimate of drug-likeness (QED) is 0.697. The molecule has 0 atom stereocenters. The molecule has 2 aromatic rings. The molecular weight excluding hydrogens is 212 g/mol. The molecule has 3 aliphatic heterocycles. The summed E-state index contributed by atoms with van der Waals surface area (Å²) in [6.45, 7) is 4.18. The Kier molecular flexibility index (Phi) is 3.10. The minimum Gasteiger partial charge on any atom is -0.356 e. The van der Waals surface area contributed by atoms with Gasteiger partial charge < -0.3 is 9.42 Å². The Morgan fingerprint density at radius 2 is 1.76 bits per heavy atom. The summed E-state index contributed by atoms with van der Waals surface area (Å²) in [5, 5.41) is 4.68. The maximum Gasteiger partial charge on any atom is 0.166 e. The molecule has 3 fully saturated rings. The number of rotatable bonds is 0. The molecule has 0 N–H and O–H groups in total. The van der Waals surface area contributed by atoms with Crippen LogP contribution in [0, 0.1) is 5.92 Å². The molecule has 0 saturated carbocycles. The second-order valence-electron chi connectivity index (χ2n) is 4.94. The van der Waals surface area contributed by atoms with Crippen LogP contribution in [-0.2, 0) is 0 Å². The van der Waals surface area contributed by atoms with Crippen molar-refractivity contribution in [2.75, 3.05) is 19.6 Å². The van der Waals surface area contributed by atoms with Crippen molar-refractivity contribution in [3.05, 3.63) is 30.5 Å². The zero-order valence-electron chi connectivity index (χ0n) is 10.0. The molecule has 3 nitrogen and oxygen atoms in total. The molecular formula is C14H18N2O. The normalized spacial score (nSPS) is 26.6. The number of hydrogen-bond acceptors (Lipinski definition) is 3. The third-order valence-corrected chi connectivity index (χ3v) is 3.82. The van der Waals surface area contributed by atoms with E-state index in [-0.39, 0.29) is 0 Å². The molecule has 1 aromatic heterocycles. The van der Waals surface area contributed by atoms with Gasteiger partial charge in [0.1, 0.15) is 0 Å². The SMILES string of the molecule is C1CN2CCC1CC2.c1ccc2oncc2c1. The van der Waals surface area contributed by atoms with E-state index in [1.54, 1.807) is 6.20 Å². The van der Waals surface area contributed by atoms with Crippen molar-refractivity contribution in [1.82, 2.24) is 10.1 Å². The average molecular weight is 230 g/mol. The summed E-state index contributed by atoms with van der Waals surface area (Å²) >= 11 is 0. The number of nitrogens with zero attached hydrogens (tertiary/aromatic N) is 2. The van der Waals surface area contributed by atoms with Crippen LogP contribution in [0.2, 0.25) is 0 Å². The van der Waals surface area contributed by atoms with E-state index in [2.05, 4.69) is 10.1 Å². The minimum absolute atomic E-state index is 0.845. The number of benzene rings is 1. The van der Waals surface area contributed by atoms with Gasteiger partial charge in [0, 0.05) is 5.39 Å². The van der Waals surface area contributed by atoms with E-state index in [1.165, 1.54) is 38.9 Å². The van der Waals surface area contributed by atoms with Crippen molar-refractivity contribution in [2.24, 2.45) is 5.92 Å². The fourth-order valence-corrected chi connectivity index (χ4v) is 2.67. The summed E-state index contributed by atoms with van der Waals surface area (Å²) in [5.74, 6) is 1.11. The van der Waals surface area contributed by atoms with Gasteiger partial charge in [-0.3, -0.25) is 0 Å². The van der Waals surface area contributed by atoms with Gasteiger partial charge in [-0.15, -0.1) is 0 Å². The monoisotopic (exact) mass is 230 g/mol. The first-order valence-electron chi connectivity index (χ1n) is 6.43. The molecule has 0 radical (unpaired) electrons. The lowest BCUT2D eigenvalue weighted by Gasteiger charge is -2.38. The topological polar surface area (TPSA) is 29.3 Å². The largest absolute Gasteiger partial charge is 0.356 e. The molecule has 3 aliphatic rings. The van der Waals surface area contributed by atoms with E-state index in [0.717, 1.165) is 16.9 Å². The zero-order chi connectivity index (χ0) is 11.5. The maximum atomic E-state index is 4.87.